The van der Waals surface area contributed by atoms with Crippen molar-refractivity contribution in [1.29, 1.82) is 0 Å². The molecule has 4 rings (SSSR count). The van der Waals surface area contributed by atoms with Crippen molar-refractivity contribution in [3.05, 3.63) is 78.2 Å². The zero-order valence-electron chi connectivity index (χ0n) is 16.4. The van der Waals surface area contributed by atoms with Crippen molar-refractivity contribution in [1.82, 2.24) is 14.5 Å². The number of aromatic nitrogens is 3. The topological polar surface area (TPSA) is 66.0 Å². The van der Waals surface area contributed by atoms with Gasteiger partial charge in [-0.1, -0.05) is 42.5 Å². The first-order valence-corrected chi connectivity index (χ1v) is 9.25. The minimum atomic E-state index is -0.279. The van der Waals surface area contributed by atoms with Crippen LogP contribution in [0.2, 0.25) is 0 Å². The summed E-state index contributed by atoms with van der Waals surface area (Å²) in [5.41, 5.74) is 10.9. The normalized spacial score (nSPS) is 13.5. The number of ether oxygens (including phenoxy) is 1. The lowest BCUT2D eigenvalue weighted by molar-refractivity contribution is 0.152. The van der Waals surface area contributed by atoms with Gasteiger partial charge >= 0.3 is 0 Å². The van der Waals surface area contributed by atoms with E-state index in [9.17, 15) is 0 Å². The Bertz CT molecular complexity index is 1100. The summed E-state index contributed by atoms with van der Waals surface area (Å²) >= 11 is 0. The predicted molar refractivity (Wildman–Crippen MR) is 113 cm³/mol. The van der Waals surface area contributed by atoms with Gasteiger partial charge in [0.1, 0.15) is 0 Å². The molecule has 5 nitrogen and oxygen atoms in total. The zero-order chi connectivity index (χ0) is 19.7. The highest BCUT2D eigenvalue weighted by molar-refractivity contribution is 5.82. The molecule has 0 radical (unpaired) electrons. The number of hydrogen-bond donors (Lipinski definition) is 1. The maximum absolute atomic E-state index is 5.65. The molecule has 28 heavy (non-hydrogen) atoms. The Balaban J connectivity index is 1.78. The summed E-state index contributed by atoms with van der Waals surface area (Å²) in [6, 6.07) is 19.2. The fourth-order valence-corrected chi connectivity index (χ4v) is 3.93. The molecular weight excluding hydrogens is 348 g/mol. The molecule has 0 aliphatic carbocycles. The van der Waals surface area contributed by atoms with E-state index in [1.807, 2.05) is 0 Å². The third-order valence-corrected chi connectivity index (χ3v) is 5.48. The Kier molecular flexibility index (Phi) is 4.61. The van der Waals surface area contributed by atoms with Crippen LogP contribution in [0.1, 0.15) is 18.2 Å². The van der Waals surface area contributed by atoms with Crippen LogP contribution in [-0.4, -0.2) is 28.3 Å². The first-order valence-electron chi connectivity index (χ1n) is 9.25. The highest BCUT2D eigenvalue weighted by atomic mass is 16.5. The second-order valence-electron chi connectivity index (χ2n) is 7.32. The predicted octanol–water partition coefficient (Wildman–Crippen LogP) is 4.17. The van der Waals surface area contributed by atoms with E-state index in [-0.39, 0.29) is 11.4 Å². The van der Waals surface area contributed by atoms with Gasteiger partial charge in [-0.3, -0.25) is 0 Å². The molecule has 5 heteroatoms. The van der Waals surface area contributed by atoms with Crippen molar-refractivity contribution >= 4 is 16.9 Å². The third kappa shape index (κ3) is 3.04. The van der Waals surface area contributed by atoms with Gasteiger partial charge in [-0.15, -0.1) is 0 Å². The largest absolute Gasteiger partial charge is 0.383 e. The number of nitrogen functional groups attached to an aromatic ring is 1. The molecule has 142 valence electrons. The molecule has 0 aliphatic heterocycles. The fraction of sp³-hybridized carbons (Fsp3) is 0.217. The maximum Gasteiger partial charge on any atom is 0.219 e. The Hall–Kier alpha value is -3.18. The lowest BCUT2D eigenvalue weighted by Gasteiger charge is -2.30. The van der Waals surface area contributed by atoms with E-state index in [2.05, 4.69) is 83.1 Å². The van der Waals surface area contributed by atoms with Gasteiger partial charge in [-0.25, -0.2) is 9.97 Å². The van der Waals surface area contributed by atoms with Crippen molar-refractivity contribution in [2.45, 2.75) is 12.3 Å². The molecule has 2 N–H and O–H groups in total. The molecule has 0 amide bonds. The number of hydrogen-bond acceptors (Lipinski definition) is 4. The molecule has 0 spiro atoms. The van der Waals surface area contributed by atoms with Crippen LogP contribution in [0.5, 0.6) is 0 Å². The summed E-state index contributed by atoms with van der Waals surface area (Å²) in [7, 11) is 3.87. The van der Waals surface area contributed by atoms with Gasteiger partial charge < -0.3 is 15.0 Å². The number of aryl methyl sites for hydroxylation is 1. The van der Waals surface area contributed by atoms with Crippen molar-refractivity contribution in [3.63, 3.8) is 0 Å². The minimum absolute atomic E-state index is 0.279. The third-order valence-electron chi connectivity index (χ3n) is 5.48. The highest BCUT2D eigenvalue weighted by Crippen LogP contribution is 2.36. The molecule has 4 aromatic rings. The van der Waals surface area contributed by atoms with E-state index in [1.54, 1.807) is 19.5 Å². The fourth-order valence-electron chi connectivity index (χ4n) is 3.93. The van der Waals surface area contributed by atoms with Crippen LogP contribution in [-0.2, 0) is 17.2 Å². The number of benzene rings is 2. The van der Waals surface area contributed by atoms with Crippen LogP contribution >= 0.6 is 0 Å². The standard InChI is InChI=1S/C23H24N4O/c1-23(15-28-3,21-12-17-6-4-5-7-20(17)27(21)2)19-10-8-16(9-11-19)18-13-25-22(24)26-14-18/h4-14H,15H2,1-3H3,(H2,24,25,26). The molecule has 0 saturated carbocycles. The monoisotopic (exact) mass is 372 g/mol. The number of rotatable bonds is 5. The molecule has 1 atom stereocenters. The summed E-state index contributed by atoms with van der Waals surface area (Å²) in [5, 5.41) is 1.23. The number of fused-ring (bicyclic) bond motifs is 1. The molecule has 0 aliphatic rings. The lowest BCUT2D eigenvalue weighted by atomic mass is 9.79. The smallest absolute Gasteiger partial charge is 0.219 e. The van der Waals surface area contributed by atoms with Gasteiger partial charge in [0, 0.05) is 43.3 Å². The van der Waals surface area contributed by atoms with Crippen molar-refractivity contribution < 1.29 is 4.74 Å². The molecule has 2 aromatic heterocycles. The average molecular weight is 372 g/mol. The Labute approximate surface area is 164 Å². The maximum atomic E-state index is 5.65. The highest BCUT2D eigenvalue weighted by Gasteiger charge is 2.32. The quantitative estimate of drug-likeness (QED) is 0.571. The van der Waals surface area contributed by atoms with Crippen molar-refractivity contribution in [2.75, 3.05) is 19.5 Å². The van der Waals surface area contributed by atoms with Crippen LogP contribution in [0.25, 0.3) is 22.0 Å². The molecule has 1 unspecified atom stereocenters. The second kappa shape index (κ2) is 7.09. The van der Waals surface area contributed by atoms with Crippen LogP contribution in [0.15, 0.2) is 67.0 Å². The van der Waals surface area contributed by atoms with Crippen LogP contribution in [0.3, 0.4) is 0 Å². The van der Waals surface area contributed by atoms with Crippen molar-refractivity contribution in [3.8, 4) is 11.1 Å². The summed E-state index contributed by atoms with van der Waals surface area (Å²) in [5.74, 6) is 0.281. The first-order chi connectivity index (χ1) is 13.5. The van der Waals surface area contributed by atoms with E-state index < -0.39 is 0 Å². The SMILES string of the molecule is COCC(C)(c1ccc(-c2cnc(N)nc2)cc1)c1cc2ccccc2n1C. The van der Waals surface area contributed by atoms with Gasteiger partial charge in [0.25, 0.3) is 0 Å². The Morgan fingerprint density at radius 1 is 1.00 bits per heavy atom. The van der Waals surface area contributed by atoms with E-state index in [1.165, 1.54) is 22.2 Å². The van der Waals surface area contributed by atoms with E-state index >= 15 is 0 Å². The van der Waals surface area contributed by atoms with E-state index in [0.717, 1.165) is 11.1 Å². The Morgan fingerprint density at radius 2 is 1.68 bits per heavy atom. The molecular formula is C23H24N4O. The summed E-state index contributed by atoms with van der Waals surface area (Å²) < 4.78 is 7.91. The number of para-hydroxylation sites is 1. The molecule has 2 aromatic carbocycles. The minimum Gasteiger partial charge on any atom is -0.383 e. The molecule has 0 saturated heterocycles. The zero-order valence-corrected chi connectivity index (χ0v) is 16.4. The van der Waals surface area contributed by atoms with Crippen LogP contribution in [0, 0.1) is 0 Å². The van der Waals surface area contributed by atoms with Crippen LogP contribution < -0.4 is 5.73 Å². The van der Waals surface area contributed by atoms with Gasteiger partial charge in [0.05, 0.1) is 12.0 Å². The molecule has 2 heterocycles. The van der Waals surface area contributed by atoms with E-state index in [0.29, 0.717) is 6.61 Å². The number of nitrogens with two attached hydrogens (primary N) is 1. The van der Waals surface area contributed by atoms with Gasteiger partial charge in [0.2, 0.25) is 5.95 Å². The van der Waals surface area contributed by atoms with Gasteiger partial charge in [-0.2, -0.15) is 0 Å². The van der Waals surface area contributed by atoms with Crippen LogP contribution in [0.4, 0.5) is 5.95 Å². The lowest BCUT2D eigenvalue weighted by Crippen LogP contribution is -2.31. The molecule has 0 bridgehead atoms. The summed E-state index contributed by atoms with van der Waals surface area (Å²) in [4.78, 5) is 8.17. The van der Waals surface area contributed by atoms with Gasteiger partial charge in [-0.05, 0) is 35.6 Å². The van der Waals surface area contributed by atoms with E-state index in [4.69, 9.17) is 10.5 Å². The Morgan fingerprint density at radius 3 is 2.32 bits per heavy atom. The number of nitrogens with zero attached hydrogens (tertiary/aromatic N) is 3. The number of methoxy groups -OCH3 is 1. The first kappa shape index (κ1) is 18.2. The molecule has 0 fully saturated rings. The number of anilines is 1. The van der Waals surface area contributed by atoms with Gasteiger partial charge in [0.15, 0.2) is 0 Å². The summed E-state index contributed by atoms with van der Waals surface area (Å²) in [6.07, 6.45) is 3.49. The van der Waals surface area contributed by atoms with Crippen molar-refractivity contribution in [2.24, 2.45) is 7.05 Å². The summed E-state index contributed by atoms with van der Waals surface area (Å²) in [6.45, 7) is 2.81. The average Bonchev–Trinajstić information content (AvgIpc) is 3.06. The second-order valence-corrected chi connectivity index (χ2v) is 7.32.